The van der Waals surface area contributed by atoms with Gasteiger partial charge in [-0.1, -0.05) is 38.6 Å². The van der Waals surface area contributed by atoms with E-state index in [1.807, 2.05) is 6.92 Å². The first-order valence-corrected chi connectivity index (χ1v) is 11.6. The highest BCUT2D eigenvalue weighted by Crippen LogP contribution is 2.36. The fourth-order valence-electron chi connectivity index (χ4n) is 3.44. The van der Waals surface area contributed by atoms with Crippen molar-refractivity contribution in [1.82, 2.24) is 14.9 Å². The fourth-order valence-corrected chi connectivity index (χ4v) is 5.81. The van der Waals surface area contributed by atoms with E-state index in [9.17, 15) is 9.59 Å². The molecule has 0 fully saturated rings. The quantitative estimate of drug-likeness (QED) is 0.418. The van der Waals surface area contributed by atoms with Crippen LogP contribution in [0.1, 0.15) is 44.6 Å². The van der Waals surface area contributed by atoms with Crippen molar-refractivity contribution in [3.05, 3.63) is 33.4 Å². The number of thioether (sulfide) groups is 1. The number of carbonyl (C=O) groups is 1. The third-order valence-electron chi connectivity index (χ3n) is 5.03. The lowest BCUT2D eigenvalue weighted by molar-refractivity contribution is -0.120. The summed E-state index contributed by atoms with van der Waals surface area (Å²) >= 11 is 2.99. The van der Waals surface area contributed by atoms with Gasteiger partial charge in [0.05, 0.1) is 10.6 Å². The summed E-state index contributed by atoms with van der Waals surface area (Å²) in [7, 11) is 0. The van der Waals surface area contributed by atoms with Gasteiger partial charge in [0.25, 0.3) is 5.56 Å². The number of nitrogens with one attached hydrogen (secondary N) is 1. The van der Waals surface area contributed by atoms with Crippen molar-refractivity contribution < 1.29 is 4.79 Å². The van der Waals surface area contributed by atoms with Gasteiger partial charge in [-0.15, -0.1) is 17.9 Å². The van der Waals surface area contributed by atoms with E-state index < -0.39 is 0 Å². The Morgan fingerprint density at radius 1 is 1.46 bits per heavy atom. The molecule has 2 heterocycles. The van der Waals surface area contributed by atoms with Crippen LogP contribution in [0.5, 0.6) is 0 Å². The highest BCUT2D eigenvalue weighted by atomic mass is 32.2. The Kier molecular flexibility index (Phi) is 6.65. The Morgan fingerprint density at radius 2 is 2.21 bits per heavy atom. The topological polar surface area (TPSA) is 64.0 Å². The summed E-state index contributed by atoms with van der Waals surface area (Å²) in [5.41, 5.74) is 1.18. The highest BCUT2D eigenvalue weighted by Gasteiger charge is 2.25. The van der Waals surface area contributed by atoms with E-state index in [1.54, 1.807) is 22.0 Å². The van der Waals surface area contributed by atoms with Crippen LogP contribution in [0.4, 0.5) is 0 Å². The normalized spacial score (nSPS) is 17.5. The van der Waals surface area contributed by atoms with E-state index in [-0.39, 0.29) is 16.7 Å². The molecule has 0 spiro atoms. The molecule has 7 heteroatoms. The lowest BCUT2D eigenvalue weighted by atomic mass is 9.89. The van der Waals surface area contributed by atoms with Crippen LogP contribution in [-0.4, -0.2) is 27.3 Å². The van der Waals surface area contributed by atoms with Crippen LogP contribution in [0, 0.1) is 11.8 Å². The van der Waals surface area contributed by atoms with Crippen LogP contribution in [0.2, 0.25) is 0 Å². The number of fused-ring (bicyclic) bond motifs is 3. The summed E-state index contributed by atoms with van der Waals surface area (Å²) in [5.74, 6) is 1.02. The summed E-state index contributed by atoms with van der Waals surface area (Å²) in [5, 5.41) is 4.00. The van der Waals surface area contributed by atoms with E-state index in [4.69, 9.17) is 4.98 Å². The van der Waals surface area contributed by atoms with Gasteiger partial charge < -0.3 is 5.32 Å². The molecular formula is C21H29N3O2S2. The van der Waals surface area contributed by atoms with Crippen LogP contribution in [0.3, 0.4) is 0 Å². The van der Waals surface area contributed by atoms with Gasteiger partial charge in [0.2, 0.25) is 5.91 Å². The smallest absolute Gasteiger partial charge is 0.263 e. The van der Waals surface area contributed by atoms with Crippen molar-refractivity contribution >= 4 is 39.2 Å². The lowest BCUT2D eigenvalue weighted by Gasteiger charge is -2.18. The molecule has 152 valence electrons. The average Bonchev–Trinajstić information content (AvgIpc) is 2.99. The summed E-state index contributed by atoms with van der Waals surface area (Å²) in [6, 6.07) is 0. The van der Waals surface area contributed by atoms with Crippen molar-refractivity contribution in [2.24, 2.45) is 11.8 Å². The number of hydrogen-bond donors (Lipinski definition) is 1. The Hall–Kier alpha value is -1.60. The van der Waals surface area contributed by atoms with E-state index in [2.05, 4.69) is 32.7 Å². The van der Waals surface area contributed by atoms with Crippen molar-refractivity contribution in [3.8, 4) is 0 Å². The summed E-state index contributed by atoms with van der Waals surface area (Å²) < 4.78 is 1.66. The first-order valence-electron chi connectivity index (χ1n) is 9.92. The van der Waals surface area contributed by atoms with E-state index in [0.717, 1.165) is 29.5 Å². The standard InChI is InChI=1S/C21H29N3O2S2/c1-6-9-24-20(26)17-15-8-7-13(4)10-16(15)28-19(17)23-21(24)27-14(5)18(25)22-11-12(2)3/h6,12-14H,1,7-11H2,2-5H3,(H,22,25). The van der Waals surface area contributed by atoms with Gasteiger partial charge >= 0.3 is 0 Å². The molecule has 1 N–H and O–H groups in total. The zero-order chi connectivity index (χ0) is 20.4. The number of aromatic nitrogens is 2. The first kappa shape index (κ1) is 21.1. The highest BCUT2D eigenvalue weighted by molar-refractivity contribution is 8.00. The zero-order valence-corrected chi connectivity index (χ0v) is 18.7. The SMILES string of the molecule is C=CCn1c(SC(C)C(=O)NCC(C)C)nc2sc3c(c2c1=O)CCC(C)C3. The molecule has 0 bridgehead atoms. The van der Waals surface area contributed by atoms with Gasteiger partial charge in [0.15, 0.2) is 5.16 Å². The Morgan fingerprint density at radius 3 is 2.89 bits per heavy atom. The van der Waals surface area contributed by atoms with Gasteiger partial charge in [-0.25, -0.2) is 4.98 Å². The monoisotopic (exact) mass is 419 g/mol. The van der Waals surface area contributed by atoms with Crippen LogP contribution >= 0.6 is 23.1 Å². The van der Waals surface area contributed by atoms with Crippen LogP contribution < -0.4 is 10.9 Å². The maximum absolute atomic E-state index is 13.3. The van der Waals surface area contributed by atoms with Crippen molar-refractivity contribution in [1.29, 1.82) is 0 Å². The molecule has 2 unspecified atom stereocenters. The zero-order valence-electron chi connectivity index (χ0n) is 17.1. The minimum atomic E-state index is -0.325. The molecule has 2 aromatic rings. The molecule has 0 radical (unpaired) electrons. The van der Waals surface area contributed by atoms with Crippen LogP contribution in [0.25, 0.3) is 10.2 Å². The number of aryl methyl sites for hydroxylation is 1. The molecule has 28 heavy (non-hydrogen) atoms. The van der Waals surface area contributed by atoms with Crippen molar-refractivity contribution in [2.45, 2.75) is 63.9 Å². The first-order chi connectivity index (χ1) is 13.3. The number of nitrogens with zero attached hydrogens (tertiary/aromatic N) is 2. The lowest BCUT2D eigenvalue weighted by Crippen LogP contribution is -2.34. The molecule has 0 aliphatic heterocycles. The van der Waals surface area contributed by atoms with Gasteiger partial charge in [-0.2, -0.15) is 0 Å². The molecule has 1 aliphatic rings. The number of allylic oxidation sites excluding steroid dienone is 1. The number of rotatable bonds is 7. The van der Waals surface area contributed by atoms with Gasteiger partial charge in [0.1, 0.15) is 4.83 Å². The largest absolute Gasteiger partial charge is 0.355 e. The molecule has 0 aromatic carbocycles. The van der Waals surface area contributed by atoms with Gasteiger partial charge in [0, 0.05) is 18.0 Å². The molecule has 0 saturated carbocycles. The second-order valence-corrected chi connectivity index (χ2v) is 10.4. The Balaban J connectivity index is 1.97. The molecule has 5 nitrogen and oxygen atoms in total. The van der Waals surface area contributed by atoms with Crippen LogP contribution in [0.15, 0.2) is 22.6 Å². The summed E-state index contributed by atoms with van der Waals surface area (Å²) in [4.78, 5) is 32.6. The molecule has 2 atom stereocenters. The number of amides is 1. The molecule has 1 amide bonds. The predicted octanol–water partition coefficient (Wildman–Crippen LogP) is 4.02. The van der Waals surface area contributed by atoms with Crippen molar-refractivity contribution in [2.75, 3.05) is 6.54 Å². The van der Waals surface area contributed by atoms with Crippen molar-refractivity contribution in [3.63, 3.8) is 0 Å². The molecule has 0 saturated heterocycles. The van der Waals surface area contributed by atoms with Crippen LogP contribution in [-0.2, 0) is 24.2 Å². The van der Waals surface area contributed by atoms with E-state index >= 15 is 0 Å². The Bertz CT molecular complexity index is 945. The fraction of sp³-hybridized carbons (Fsp3) is 0.571. The average molecular weight is 420 g/mol. The van der Waals surface area contributed by atoms with E-state index in [0.29, 0.717) is 30.1 Å². The van der Waals surface area contributed by atoms with E-state index in [1.165, 1.54) is 22.2 Å². The molecule has 2 aromatic heterocycles. The number of carbonyl (C=O) groups excluding carboxylic acids is 1. The minimum absolute atomic E-state index is 0.00533. The summed E-state index contributed by atoms with van der Waals surface area (Å²) in [6.07, 6.45) is 4.79. The van der Waals surface area contributed by atoms with Gasteiger partial charge in [-0.05, 0) is 43.6 Å². The Labute approximate surface area is 174 Å². The second-order valence-electron chi connectivity index (χ2n) is 8.03. The maximum Gasteiger partial charge on any atom is 0.263 e. The second kappa shape index (κ2) is 8.82. The number of hydrogen-bond acceptors (Lipinski definition) is 5. The third kappa shape index (κ3) is 4.35. The molecule has 3 rings (SSSR count). The summed E-state index contributed by atoms with van der Waals surface area (Å²) in [6.45, 7) is 13.1. The maximum atomic E-state index is 13.3. The third-order valence-corrected chi connectivity index (χ3v) is 7.27. The predicted molar refractivity (Wildman–Crippen MR) is 118 cm³/mol. The molecule has 1 aliphatic carbocycles. The van der Waals surface area contributed by atoms with Gasteiger partial charge in [-0.3, -0.25) is 14.2 Å². The molecular weight excluding hydrogens is 390 g/mol. The number of thiophene rings is 1. The minimum Gasteiger partial charge on any atom is -0.355 e.